The Kier molecular flexibility index (Phi) is 4.47. The Morgan fingerprint density at radius 2 is 1.71 bits per heavy atom. The molecule has 3 rings (SSSR count). The smallest absolute Gasteiger partial charge is 0.119 e. The molecule has 0 saturated carbocycles. The number of phenolic OH excluding ortho intramolecular Hbond substituents is 1. The molecule has 3 heteroatoms. The van der Waals surface area contributed by atoms with Gasteiger partial charge in [-0.1, -0.05) is 48.5 Å². The number of alkyl halides is 1. The quantitative estimate of drug-likeness (QED) is 0.867. The van der Waals surface area contributed by atoms with E-state index < -0.39 is 0 Å². The number of likely N-dealkylation sites (tertiary alicyclic amines) is 1. The van der Waals surface area contributed by atoms with E-state index in [1.165, 1.54) is 5.56 Å². The fraction of sp³-hybridized carbons (Fsp3) is 0.333. The van der Waals surface area contributed by atoms with Gasteiger partial charge < -0.3 is 5.11 Å². The van der Waals surface area contributed by atoms with Crippen LogP contribution in [-0.4, -0.2) is 29.0 Å². The Balaban J connectivity index is 1.76. The van der Waals surface area contributed by atoms with Gasteiger partial charge in [-0.05, 0) is 23.1 Å². The van der Waals surface area contributed by atoms with Crippen molar-refractivity contribution >= 4 is 11.6 Å². The van der Waals surface area contributed by atoms with E-state index >= 15 is 0 Å². The van der Waals surface area contributed by atoms with Crippen LogP contribution in [0.15, 0.2) is 54.6 Å². The molecule has 21 heavy (non-hydrogen) atoms. The number of phenols is 1. The van der Waals surface area contributed by atoms with Crippen molar-refractivity contribution in [2.75, 3.05) is 19.0 Å². The second-order valence-electron chi connectivity index (χ2n) is 5.76. The Labute approximate surface area is 131 Å². The monoisotopic (exact) mass is 301 g/mol. The lowest BCUT2D eigenvalue weighted by Gasteiger charge is -2.17. The lowest BCUT2D eigenvalue weighted by molar-refractivity contribution is 0.319. The van der Waals surface area contributed by atoms with E-state index in [-0.39, 0.29) is 0 Å². The number of hydrogen-bond donors (Lipinski definition) is 1. The molecule has 2 aromatic rings. The van der Waals surface area contributed by atoms with E-state index in [2.05, 4.69) is 29.2 Å². The molecule has 0 spiro atoms. The molecule has 2 atom stereocenters. The van der Waals surface area contributed by atoms with Crippen molar-refractivity contribution < 1.29 is 5.11 Å². The minimum atomic E-state index is 0.312. The van der Waals surface area contributed by atoms with Crippen LogP contribution in [0.1, 0.15) is 17.0 Å². The van der Waals surface area contributed by atoms with Gasteiger partial charge in [-0.2, -0.15) is 0 Å². The summed E-state index contributed by atoms with van der Waals surface area (Å²) in [6, 6.07) is 18.1. The van der Waals surface area contributed by atoms with Crippen LogP contribution < -0.4 is 0 Å². The lowest BCUT2D eigenvalue weighted by atomic mass is 9.89. The molecule has 0 aromatic heterocycles. The second-order valence-corrected chi connectivity index (χ2v) is 6.07. The Hall–Kier alpha value is -1.51. The Bertz CT molecular complexity index is 587. The van der Waals surface area contributed by atoms with E-state index in [9.17, 15) is 5.11 Å². The maximum atomic E-state index is 10.1. The summed E-state index contributed by atoms with van der Waals surface area (Å²) < 4.78 is 0. The summed E-state index contributed by atoms with van der Waals surface area (Å²) >= 11 is 6.16. The van der Waals surface area contributed by atoms with Crippen LogP contribution in [0.25, 0.3) is 0 Å². The minimum absolute atomic E-state index is 0.312. The zero-order valence-corrected chi connectivity index (χ0v) is 12.7. The van der Waals surface area contributed by atoms with Gasteiger partial charge in [0.05, 0.1) is 0 Å². The van der Waals surface area contributed by atoms with Gasteiger partial charge in [0, 0.05) is 31.4 Å². The number of benzene rings is 2. The topological polar surface area (TPSA) is 23.5 Å². The largest absolute Gasteiger partial charge is 0.508 e. The van der Waals surface area contributed by atoms with E-state index in [0.29, 0.717) is 23.5 Å². The molecule has 110 valence electrons. The second kappa shape index (κ2) is 6.50. The molecule has 1 fully saturated rings. The molecule has 0 radical (unpaired) electrons. The van der Waals surface area contributed by atoms with Gasteiger partial charge in [0.2, 0.25) is 0 Å². The Morgan fingerprint density at radius 3 is 2.43 bits per heavy atom. The molecule has 2 nitrogen and oxygen atoms in total. The van der Waals surface area contributed by atoms with Crippen LogP contribution in [0.3, 0.4) is 0 Å². The third kappa shape index (κ3) is 3.22. The van der Waals surface area contributed by atoms with Crippen LogP contribution in [-0.2, 0) is 6.54 Å². The number of nitrogens with zero attached hydrogens (tertiary/aromatic N) is 1. The highest BCUT2D eigenvalue weighted by atomic mass is 35.5. The highest BCUT2D eigenvalue weighted by Gasteiger charge is 2.34. The molecule has 0 aliphatic carbocycles. The number of rotatable bonds is 4. The normalized spacial score (nSPS) is 22.5. The fourth-order valence-electron chi connectivity index (χ4n) is 3.24. The van der Waals surface area contributed by atoms with Crippen LogP contribution in [0, 0.1) is 5.92 Å². The molecule has 2 aromatic carbocycles. The van der Waals surface area contributed by atoms with Gasteiger partial charge in [-0.25, -0.2) is 0 Å². The van der Waals surface area contributed by atoms with Crippen molar-refractivity contribution in [2.24, 2.45) is 5.92 Å². The van der Waals surface area contributed by atoms with Crippen molar-refractivity contribution in [2.45, 2.75) is 12.5 Å². The van der Waals surface area contributed by atoms with Gasteiger partial charge in [-0.3, -0.25) is 4.90 Å². The van der Waals surface area contributed by atoms with Crippen molar-refractivity contribution in [3.05, 3.63) is 65.7 Å². The van der Waals surface area contributed by atoms with E-state index in [1.54, 1.807) is 6.07 Å². The van der Waals surface area contributed by atoms with Crippen LogP contribution in [0.4, 0.5) is 0 Å². The highest BCUT2D eigenvalue weighted by molar-refractivity contribution is 6.18. The zero-order chi connectivity index (χ0) is 14.7. The van der Waals surface area contributed by atoms with Crippen molar-refractivity contribution in [3.63, 3.8) is 0 Å². The summed E-state index contributed by atoms with van der Waals surface area (Å²) in [5.74, 6) is 1.72. The van der Waals surface area contributed by atoms with Gasteiger partial charge >= 0.3 is 0 Å². The first-order valence-electron chi connectivity index (χ1n) is 7.38. The summed E-state index contributed by atoms with van der Waals surface area (Å²) in [5.41, 5.74) is 2.35. The maximum Gasteiger partial charge on any atom is 0.119 e. The summed E-state index contributed by atoms with van der Waals surface area (Å²) in [5, 5.41) is 10.1. The molecule has 1 aliphatic rings. The van der Waals surface area contributed by atoms with Crippen LogP contribution in [0.2, 0.25) is 0 Å². The van der Waals surface area contributed by atoms with E-state index in [1.807, 2.05) is 24.3 Å². The molecule has 0 unspecified atom stereocenters. The van der Waals surface area contributed by atoms with Crippen molar-refractivity contribution in [1.82, 2.24) is 4.90 Å². The molecule has 1 N–H and O–H groups in total. The Morgan fingerprint density at radius 1 is 1.00 bits per heavy atom. The fourth-order valence-corrected chi connectivity index (χ4v) is 3.55. The lowest BCUT2D eigenvalue weighted by Crippen LogP contribution is -2.20. The number of aromatic hydroxyl groups is 1. The standard InChI is InChI=1S/C18H20ClNO/c19-10-15-12-20(11-14-6-2-1-3-7-14)13-17(15)16-8-4-5-9-18(16)21/h1-9,15,17,21H,10-13H2/t15-,17-/m1/s1. The number of halogens is 1. The van der Waals surface area contributed by atoms with Crippen LogP contribution in [0.5, 0.6) is 5.75 Å². The van der Waals surface area contributed by atoms with E-state index in [0.717, 1.165) is 25.2 Å². The first kappa shape index (κ1) is 14.4. The first-order valence-corrected chi connectivity index (χ1v) is 7.91. The maximum absolute atomic E-state index is 10.1. The van der Waals surface area contributed by atoms with Gasteiger partial charge in [0.1, 0.15) is 5.75 Å². The predicted molar refractivity (Wildman–Crippen MR) is 86.8 cm³/mol. The average molecular weight is 302 g/mol. The third-order valence-corrected chi connectivity index (χ3v) is 4.70. The third-order valence-electron chi connectivity index (χ3n) is 4.30. The molecule has 1 saturated heterocycles. The zero-order valence-electron chi connectivity index (χ0n) is 12.0. The van der Waals surface area contributed by atoms with Gasteiger partial charge in [0.15, 0.2) is 0 Å². The first-order chi connectivity index (χ1) is 10.3. The van der Waals surface area contributed by atoms with E-state index in [4.69, 9.17) is 11.6 Å². The highest BCUT2D eigenvalue weighted by Crippen LogP contribution is 2.37. The summed E-state index contributed by atoms with van der Waals surface area (Å²) in [6.07, 6.45) is 0. The SMILES string of the molecule is Oc1ccccc1[C@@H]1CN(Cc2ccccc2)C[C@H]1CCl. The molecule has 0 bridgehead atoms. The van der Waals surface area contributed by atoms with Crippen molar-refractivity contribution in [1.29, 1.82) is 0 Å². The number of hydrogen-bond acceptors (Lipinski definition) is 2. The summed E-state index contributed by atoms with van der Waals surface area (Å²) in [6.45, 7) is 2.87. The molecule has 0 amide bonds. The number of para-hydroxylation sites is 1. The summed E-state index contributed by atoms with van der Waals surface area (Å²) in [7, 11) is 0. The molecule has 1 aliphatic heterocycles. The minimum Gasteiger partial charge on any atom is -0.508 e. The van der Waals surface area contributed by atoms with Crippen LogP contribution >= 0.6 is 11.6 Å². The molecular weight excluding hydrogens is 282 g/mol. The average Bonchev–Trinajstić information content (AvgIpc) is 2.91. The summed E-state index contributed by atoms with van der Waals surface area (Å²) in [4.78, 5) is 2.43. The van der Waals surface area contributed by atoms with Gasteiger partial charge in [-0.15, -0.1) is 11.6 Å². The predicted octanol–water partition coefficient (Wildman–Crippen LogP) is 3.85. The molecule has 1 heterocycles. The van der Waals surface area contributed by atoms with Crippen molar-refractivity contribution in [3.8, 4) is 5.75 Å². The van der Waals surface area contributed by atoms with Gasteiger partial charge in [0.25, 0.3) is 0 Å². The molecular formula is C18H20ClNO.